The van der Waals surface area contributed by atoms with Crippen molar-refractivity contribution < 1.29 is 9.90 Å². The first-order chi connectivity index (χ1) is 4.63. The van der Waals surface area contributed by atoms with Crippen LogP contribution in [0.25, 0.3) is 0 Å². The van der Waals surface area contributed by atoms with Gasteiger partial charge in [0.15, 0.2) is 0 Å². The van der Waals surface area contributed by atoms with E-state index in [1.165, 1.54) is 4.90 Å². The Morgan fingerprint density at radius 3 is 2.60 bits per heavy atom. The Bertz CT molecular complexity index is 149. The maximum atomic E-state index is 10.6. The van der Waals surface area contributed by atoms with Crippen molar-refractivity contribution in [1.82, 2.24) is 4.90 Å². The number of aliphatic hydroxyl groups excluding tert-OH is 1. The van der Waals surface area contributed by atoms with Crippen LogP contribution in [0, 0.1) is 0 Å². The first-order valence-electron chi connectivity index (χ1n) is 3.37. The fourth-order valence-electron chi connectivity index (χ4n) is 1.23. The lowest BCUT2D eigenvalue weighted by atomic mass is 10.2. The summed E-state index contributed by atoms with van der Waals surface area (Å²) < 4.78 is 0. The second kappa shape index (κ2) is 2.46. The number of urea groups is 1. The quantitative estimate of drug-likeness (QED) is 0.482. The molecule has 1 aliphatic heterocycles. The zero-order valence-corrected chi connectivity index (χ0v) is 5.95. The summed E-state index contributed by atoms with van der Waals surface area (Å²) in [5.74, 6) is 0. The topological polar surface area (TPSA) is 66.6 Å². The molecule has 0 aromatic carbocycles. The van der Waals surface area contributed by atoms with Gasteiger partial charge in [0.05, 0.1) is 12.1 Å². The number of hydrogen-bond donors (Lipinski definition) is 2. The molecule has 2 atom stereocenters. The van der Waals surface area contributed by atoms with E-state index in [0.717, 1.165) is 0 Å². The second-order valence-electron chi connectivity index (χ2n) is 2.63. The fraction of sp³-hybridized carbons (Fsp3) is 0.833. The predicted octanol–water partition coefficient (Wildman–Crippen LogP) is -0.480. The van der Waals surface area contributed by atoms with Crippen molar-refractivity contribution >= 4 is 6.03 Å². The molecule has 0 bridgehead atoms. The smallest absolute Gasteiger partial charge is 0.315 e. The summed E-state index contributed by atoms with van der Waals surface area (Å²) in [5.41, 5.74) is 5.03. The number of carbonyl (C=O) groups is 1. The first-order valence-corrected chi connectivity index (χ1v) is 3.37. The van der Waals surface area contributed by atoms with Gasteiger partial charge in [-0.05, 0) is 13.3 Å². The number of nitrogens with two attached hydrogens (primary N) is 1. The molecule has 0 spiro atoms. The van der Waals surface area contributed by atoms with E-state index in [0.29, 0.717) is 13.0 Å². The molecule has 58 valence electrons. The zero-order chi connectivity index (χ0) is 7.72. The van der Waals surface area contributed by atoms with E-state index in [2.05, 4.69) is 0 Å². The van der Waals surface area contributed by atoms with Crippen molar-refractivity contribution in [3.8, 4) is 0 Å². The van der Waals surface area contributed by atoms with Gasteiger partial charge in [0, 0.05) is 6.54 Å². The first kappa shape index (κ1) is 7.34. The van der Waals surface area contributed by atoms with Crippen molar-refractivity contribution in [3.63, 3.8) is 0 Å². The molecule has 0 radical (unpaired) electrons. The van der Waals surface area contributed by atoms with Crippen LogP contribution in [0.15, 0.2) is 0 Å². The maximum Gasteiger partial charge on any atom is 0.315 e. The van der Waals surface area contributed by atoms with Crippen LogP contribution in [0.3, 0.4) is 0 Å². The Morgan fingerprint density at radius 2 is 2.40 bits per heavy atom. The molecule has 4 heteroatoms. The molecule has 4 nitrogen and oxygen atoms in total. The lowest BCUT2D eigenvalue weighted by molar-refractivity contribution is 0.134. The maximum absolute atomic E-state index is 10.6. The Labute approximate surface area is 59.6 Å². The molecule has 1 heterocycles. The average molecular weight is 144 g/mol. The van der Waals surface area contributed by atoms with E-state index in [4.69, 9.17) is 10.8 Å². The third kappa shape index (κ3) is 1.07. The van der Waals surface area contributed by atoms with Gasteiger partial charge in [0.1, 0.15) is 0 Å². The highest BCUT2D eigenvalue weighted by Crippen LogP contribution is 2.16. The van der Waals surface area contributed by atoms with Crippen LogP contribution in [0.4, 0.5) is 4.79 Å². The molecule has 1 saturated heterocycles. The molecule has 2 unspecified atom stereocenters. The normalized spacial score (nSPS) is 32.8. The van der Waals surface area contributed by atoms with Gasteiger partial charge in [-0.25, -0.2) is 4.79 Å². The van der Waals surface area contributed by atoms with Crippen LogP contribution < -0.4 is 5.73 Å². The third-order valence-electron chi connectivity index (χ3n) is 2.00. The number of nitrogens with zero attached hydrogens (tertiary/aromatic N) is 1. The second-order valence-corrected chi connectivity index (χ2v) is 2.63. The molecular formula is C6H12N2O2. The summed E-state index contributed by atoms with van der Waals surface area (Å²) >= 11 is 0. The summed E-state index contributed by atoms with van der Waals surface area (Å²) in [4.78, 5) is 12.1. The van der Waals surface area contributed by atoms with Gasteiger partial charge in [-0.15, -0.1) is 0 Å². The van der Waals surface area contributed by atoms with Gasteiger partial charge in [-0.2, -0.15) is 0 Å². The summed E-state index contributed by atoms with van der Waals surface area (Å²) in [6, 6.07) is -0.554. The van der Waals surface area contributed by atoms with Gasteiger partial charge in [-0.3, -0.25) is 0 Å². The Kier molecular flexibility index (Phi) is 1.80. The van der Waals surface area contributed by atoms with Gasteiger partial charge >= 0.3 is 6.03 Å². The van der Waals surface area contributed by atoms with Crippen LogP contribution in [0.2, 0.25) is 0 Å². The lowest BCUT2D eigenvalue weighted by Crippen LogP contribution is -2.40. The SMILES string of the molecule is CC1C(O)CCN1C(N)=O. The molecule has 1 rings (SSSR count). The van der Waals surface area contributed by atoms with Gasteiger partial charge in [0.2, 0.25) is 0 Å². The lowest BCUT2D eigenvalue weighted by Gasteiger charge is -2.19. The number of hydrogen-bond acceptors (Lipinski definition) is 2. The van der Waals surface area contributed by atoms with Crippen molar-refractivity contribution in [2.24, 2.45) is 5.73 Å². The Balaban J connectivity index is 2.57. The summed E-state index contributed by atoms with van der Waals surface area (Å²) in [6.07, 6.45) is 0.247. The summed E-state index contributed by atoms with van der Waals surface area (Å²) in [7, 11) is 0. The van der Waals surface area contributed by atoms with E-state index in [-0.39, 0.29) is 6.04 Å². The zero-order valence-electron chi connectivity index (χ0n) is 5.95. The number of amides is 2. The Morgan fingerprint density at radius 1 is 1.80 bits per heavy atom. The monoisotopic (exact) mass is 144 g/mol. The molecule has 0 aromatic rings. The van der Waals surface area contributed by atoms with Crippen LogP contribution >= 0.6 is 0 Å². The highest BCUT2D eigenvalue weighted by Gasteiger charge is 2.30. The number of primary amides is 1. The van der Waals surface area contributed by atoms with E-state index < -0.39 is 12.1 Å². The average Bonchev–Trinajstić information content (AvgIpc) is 2.14. The molecule has 0 aromatic heterocycles. The minimum absolute atomic E-state index is 0.113. The van der Waals surface area contributed by atoms with Crippen LogP contribution in [-0.2, 0) is 0 Å². The standard InChI is InChI=1S/C6H12N2O2/c1-4-5(9)2-3-8(4)6(7)10/h4-5,9H,2-3H2,1H3,(H2,7,10). The van der Waals surface area contributed by atoms with Gasteiger partial charge in [-0.1, -0.05) is 0 Å². The van der Waals surface area contributed by atoms with E-state index >= 15 is 0 Å². The highest BCUT2D eigenvalue weighted by molar-refractivity contribution is 5.72. The number of aliphatic hydroxyl groups is 1. The predicted molar refractivity (Wildman–Crippen MR) is 36.4 cm³/mol. The third-order valence-corrected chi connectivity index (χ3v) is 2.00. The van der Waals surface area contributed by atoms with Crippen molar-refractivity contribution in [1.29, 1.82) is 0 Å². The number of carbonyl (C=O) groups excluding carboxylic acids is 1. The van der Waals surface area contributed by atoms with Crippen LogP contribution in [0.1, 0.15) is 13.3 Å². The van der Waals surface area contributed by atoms with E-state index in [1.54, 1.807) is 6.92 Å². The van der Waals surface area contributed by atoms with E-state index in [9.17, 15) is 4.79 Å². The fourth-order valence-corrected chi connectivity index (χ4v) is 1.23. The van der Waals surface area contributed by atoms with Gasteiger partial charge in [0.25, 0.3) is 0 Å². The van der Waals surface area contributed by atoms with Gasteiger partial charge < -0.3 is 15.7 Å². The van der Waals surface area contributed by atoms with Crippen molar-refractivity contribution in [2.45, 2.75) is 25.5 Å². The molecule has 3 N–H and O–H groups in total. The molecule has 0 aliphatic carbocycles. The molecular weight excluding hydrogens is 132 g/mol. The summed E-state index contributed by atoms with van der Waals surface area (Å²) in [5, 5.41) is 9.17. The minimum Gasteiger partial charge on any atom is -0.391 e. The molecule has 10 heavy (non-hydrogen) atoms. The van der Waals surface area contributed by atoms with Crippen LogP contribution in [-0.4, -0.2) is 34.7 Å². The molecule has 0 saturated carbocycles. The van der Waals surface area contributed by atoms with Crippen LogP contribution in [0.5, 0.6) is 0 Å². The highest BCUT2D eigenvalue weighted by atomic mass is 16.3. The largest absolute Gasteiger partial charge is 0.391 e. The number of rotatable bonds is 0. The van der Waals surface area contributed by atoms with Crippen molar-refractivity contribution in [3.05, 3.63) is 0 Å². The minimum atomic E-state index is -0.441. The van der Waals surface area contributed by atoms with Crippen molar-refractivity contribution in [2.75, 3.05) is 6.54 Å². The molecule has 2 amide bonds. The van der Waals surface area contributed by atoms with E-state index in [1.807, 2.05) is 0 Å². The molecule has 1 fully saturated rings. The Hall–Kier alpha value is -0.770. The summed E-state index contributed by atoms with van der Waals surface area (Å²) in [6.45, 7) is 2.38. The number of likely N-dealkylation sites (tertiary alicyclic amines) is 1. The molecule has 1 aliphatic rings.